The number of nitrogens with zero attached hydrogens (tertiary/aromatic N) is 3. The average Bonchev–Trinajstić information content (AvgIpc) is 2.68. The van der Waals surface area contributed by atoms with E-state index in [1.807, 2.05) is 64.2 Å². The molecule has 1 saturated carbocycles. The lowest BCUT2D eigenvalue weighted by Gasteiger charge is -2.34. The van der Waals surface area contributed by atoms with Crippen molar-refractivity contribution in [3.63, 3.8) is 0 Å². The number of rotatable bonds is 5. The summed E-state index contributed by atoms with van der Waals surface area (Å²) in [6, 6.07) is 13.2. The molecule has 0 spiro atoms. The highest BCUT2D eigenvalue weighted by Gasteiger charge is 2.33. The van der Waals surface area contributed by atoms with Crippen LogP contribution < -0.4 is 5.56 Å². The SMILES string of the molecule is CCC(c1nc2ccccc2c(=O)n1-c1ccc(C)cc1C)N(C)C(=O)C1CCC1. The van der Waals surface area contributed by atoms with E-state index in [2.05, 4.69) is 6.07 Å². The molecule has 3 aromatic rings. The Kier molecular flexibility index (Phi) is 5.46. The summed E-state index contributed by atoms with van der Waals surface area (Å²) in [5.74, 6) is 0.886. The van der Waals surface area contributed by atoms with Gasteiger partial charge in [0.2, 0.25) is 5.91 Å². The molecule has 0 bridgehead atoms. The van der Waals surface area contributed by atoms with Crippen molar-refractivity contribution in [2.45, 2.75) is 52.5 Å². The van der Waals surface area contributed by atoms with Crippen molar-refractivity contribution in [3.05, 3.63) is 69.8 Å². The molecule has 1 aliphatic rings. The first-order chi connectivity index (χ1) is 14.4. The molecular formula is C25H29N3O2. The van der Waals surface area contributed by atoms with Crippen molar-refractivity contribution in [2.24, 2.45) is 5.92 Å². The number of carbonyl (C=O) groups is 1. The van der Waals surface area contributed by atoms with Gasteiger partial charge in [-0.05, 0) is 56.9 Å². The van der Waals surface area contributed by atoms with Crippen LogP contribution in [-0.2, 0) is 4.79 Å². The van der Waals surface area contributed by atoms with E-state index in [1.165, 1.54) is 0 Å². The van der Waals surface area contributed by atoms with Crippen LogP contribution in [0.4, 0.5) is 0 Å². The van der Waals surface area contributed by atoms with Crippen molar-refractivity contribution in [1.29, 1.82) is 0 Å². The zero-order valence-electron chi connectivity index (χ0n) is 18.2. The molecule has 4 rings (SSSR count). The zero-order valence-corrected chi connectivity index (χ0v) is 18.2. The Morgan fingerprint density at radius 2 is 1.93 bits per heavy atom. The summed E-state index contributed by atoms with van der Waals surface area (Å²) in [7, 11) is 1.85. The van der Waals surface area contributed by atoms with Crippen LogP contribution in [0.15, 0.2) is 47.3 Å². The molecule has 30 heavy (non-hydrogen) atoms. The van der Waals surface area contributed by atoms with Crippen LogP contribution in [0.3, 0.4) is 0 Å². The molecule has 5 heteroatoms. The molecule has 1 heterocycles. The minimum atomic E-state index is -0.267. The van der Waals surface area contributed by atoms with Gasteiger partial charge in [0, 0.05) is 13.0 Å². The standard InChI is InChI=1S/C25H29N3O2/c1-5-21(27(4)24(29)18-9-8-10-18)23-26-20-12-7-6-11-19(20)25(30)28(23)22-14-13-16(2)15-17(22)3/h6-7,11-15,18,21H,5,8-10H2,1-4H3. The van der Waals surface area contributed by atoms with Crippen molar-refractivity contribution >= 4 is 16.8 Å². The highest BCUT2D eigenvalue weighted by molar-refractivity contribution is 5.80. The summed E-state index contributed by atoms with van der Waals surface area (Å²) in [4.78, 5) is 33.4. The molecule has 0 radical (unpaired) electrons. The van der Waals surface area contributed by atoms with Gasteiger partial charge >= 0.3 is 0 Å². The normalized spacial score (nSPS) is 15.1. The number of hydrogen-bond acceptors (Lipinski definition) is 3. The number of carbonyl (C=O) groups excluding carboxylic acids is 1. The van der Waals surface area contributed by atoms with Crippen LogP contribution >= 0.6 is 0 Å². The van der Waals surface area contributed by atoms with E-state index in [1.54, 1.807) is 9.47 Å². The van der Waals surface area contributed by atoms with Gasteiger partial charge in [0.25, 0.3) is 5.56 Å². The van der Waals surface area contributed by atoms with E-state index < -0.39 is 0 Å². The van der Waals surface area contributed by atoms with Crippen LogP contribution in [-0.4, -0.2) is 27.4 Å². The van der Waals surface area contributed by atoms with Crippen LogP contribution in [0.25, 0.3) is 16.6 Å². The molecule has 0 saturated heterocycles. The average molecular weight is 404 g/mol. The van der Waals surface area contributed by atoms with Gasteiger partial charge in [0.1, 0.15) is 5.82 Å². The molecule has 156 valence electrons. The number of aryl methyl sites for hydroxylation is 2. The summed E-state index contributed by atoms with van der Waals surface area (Å²) in [6.07, 6.45) is 3.70. The third-order valence-corrected chi connectivity index (χ3v) is 6.35. The number of para-hydroxylation sites is 1. The fourth-order valence-corrected chi connectivity index (χ4v) is 4.39. The number of hydrogen-bond donors (Lipinski definition) is 0. The molecule has 1 aliphatic carbocycles. The molecule has 0 aliphatic heterocycles. The zero-order chi connectivity index (χ0) is 21.4. The van der Waals surface area contributed by atoms with Gasteiger partial charge in [0.15, 0.2) is 0 Å². The monoisotopic (exact) mass is 403 g/mol. The molecule has 2 aromatic carbocycles. The maximum Gasteiger partial charge on any atom is 0.266 e. The van der Waals surface area contributed by atoms with E-state index >= 15 is 0 Å². The predicted octanol–water partition coefficient (Wildman–Crippen LogP) is 4.71. The van der Waals surface area contributed by atoms with Crippen LogP contribution in [0.5, 0.6) is 0 Å². The van der Waals surface area contributed by atoms with Crippen molar-refractivity contribution in [2.75, 3.05) is 7.05 Å². The summed E-state index contributed by atoms with van der Waals surface area (Å²) in [5, 5.41) is 0.587. The van der Waals surface area contributed by atoms with E-state index in [9.17, 15) is 9.59 Å². The number of fused-ring (bicyclic) bond motifs is 1. The van der Waals surface area contributed by atoms with Crippen LogP contribution in [0.1, 0.15) is 55.6 Å². The fraction of sp³-hybridized carbons (Fsp3) is 0.400. The Bertz CT molecular complexity index is 1160. The molecule has 0 N–H and O–H groups in total. The van der Waals surface area contributed by atoms with Crippen molar-refractivity contribution in [1.82, 2.24) is 14.5 Å². The fourth-order valence-electron chi connectivity index (χ4n) is 4.39. The second kappa shape index (κ2) is 8.05. The summed E-state index contributed by atoms with van der Waals surface area (Å²) in [6.45, 7) is 6.10. The Morgan fingerprint density at radius 1 is 1.20 bits per heavy atom. The Morgan fingerprint density at radius 3 is 2.57 bits per heavy atom. The van der Waals surface area contributed by atoms with E-state index in [4.69, 9.17) is 4.98 Å². The first kappa shape index (κ1) is 20.3. The topological polar surface area (TPSA) is 55.2 Å². The minimum Gasteiger partial charge on any atom is -0.335 e. The highest BCUT2D eigenvalue weighted by atomic mass is 16.2. The van der Waals surface area contributed by atoms with Crippen molar-refractivity contribution < 1.29 is 4.79 Å². The molecule has 1 aromatic heterocycles. The first-order valence-electron chi connectivity index (χ1n) is 10.8. The summed E-state index contributed by atoms with van der Waals surface area (Å²) in [5.41, 5.74) is 3.55. The smallest absolute Gasteiger partial charge is 0.266 e. The van der Waals surface area contributed by atoms with E-state index in [0.29, 0.717) is 23.1 Å². The number of aromatic nitrogens is 2. The van der Waals surface area contributed by atoms with Gasteiger partial charge in [-0.15, -0.1) is 0 Å². The third-order valence-electron chi connectivity index (χ3n) is 6.35. The molecular weight excluding hydrogens is 374 g/mol. The highest BCUT2D eigenvalue weighted by Crippen LogP contribution is 2.32. The maximum atomic E-state index is 13.6. The first-order valence-corrected chi connectivity index (χ1v) is 10.8. The largest absolute Gasteiger partial charge is 0.335 e. The molecule has 1 amide bonds. The Labute approximate surface area is 177 Å². The number of amides is 1. The maximum absolute atomic E-state index is 13.6. The molecule has 1 atom stereocenters. The van der Waals surface area contributed by atoms with Gasteiger partial charge in [-0.3, -0.25) is 14.2 Å². The van der Waals surface area contributed by atoms with Gasteiger partial charge < -0.3 is 4.90 Å². The predicted molar refractivity (Wildman–Crippen MR) is 120 cm³/mol. The minimum absolute atomic E-state index is 0.0921. The van der Waals surface area contributed by atoms with Crippen LogP contribution in [0, 0.1) is 19.8 Å². The Hall–Kier alpha value is -2.95. The lowest BCUT2D eigenvalue weighted by molar-refractivity contribution is -0.139. The van der Waals surface area contributed by atoms with Gasteiger partial charge in [-0.2, -0.15) is 0 Å². The second-order valence-electron chi connectivity index (χ2n) is 8.42. The van der Waals surface area contributed by atoms with Gasteiger partial charge in [-0.25, -0.2) is 4.98 Å². The third kappa shape index (κ3) is 3.42. The molecule has 1 unspecified atom stereocenters. The second-order valence-corrected chi connectivity index (χ2v) is 8.42. The summed E-state index contributed by atoms with van der Waals surface area (Å²) >= 11 is 0. The van der Waals surface area contributed by atoms with E-state index in [-0.39, 0.29) is 23.4 Å². The lowest BCUT2D eigenvalue weighted by Crippen LogP contribution is -2.40. The van der Waals surface area contributed by atoms with Crippen LogP contribution in [0.2, 0.25) is 0 Å². The van der Waals surface area contributed by atoms with Gasteiger partial charge in [-0.1, -0.05) is 43.2 Å². The quantitative estimate of drug-likeness (QED) is 0.620. The van der Waals surface area contributed by atoms with E-state index in [0.717, 1.165) is 36.1 Å². The Balaban J connectivity index is 1.95. The molecule has 1 fully saturated rings. The summed E-state index contributed by atoms with van der Waals surface area (Å²) < 4.78 is 1.72. The molecule has 5 nitrogen and oxygen atoms in total. The van der Waals surface area contributed by atoms with Crippen molar-refractivity contribution in [3.8, 4) is 5.69 Å². The van der Waals surface area contributed by atoms with Gasteiger partial charge in [0.05, 0.1) is 22.6 Å². The number of benzene rings is 2. The lowest BCUT2D eigenvalue weighted by atomic mass is 9.84.